The maximum absolute atomic E-state index is 12.4. The van der Waals surface area contributed by atoms with Gasteiger partial charge >= 0.3 is 0 Å². The molecule has 0 atom stereocenters. The zero-order chi connectivity index (χ0) is 22.2. The molecule has 0 unspecified atom stereocenters. The number of aromatic nitrogens is 3. The molecule has 6 nitrogen and oxygen atoms in total. The Hall–Kier alpha value is -3.45. The molecule has 1 N–H and O–H groups in total. The third-order valence-corrected chi connectivity index (χ3v) is 5.89. The molecule has 32 heavy (non-hydrogen) atoms. The Morgan fingerprint density at radius 2 is 1.75 bits per heavy atom. The van der Waals surface area contributed by atoms with Gasteiger partial charge in [-0.3, -0.25) is 4.79 Å². The average Bonchev–Trinajstić information content (AvgIpc) is 3.49. The molecule has 4 rings (SSSR count). The van der Waals surface area contributed by atoms with Crippen molar-refractivity contribution in [3.05, 3.63) is 96.4 Å². The summed E-state index contributed by atoms with van der Waals surface area (Å²) in [5.41, 5.74) is 3.05. The van der Waals surface area contributed by atoms with Gasteiger partial charge < -0.3 is 14.6 Å². The molecule has 0 bridgehead atoms. The van der Waals surface area contributed by atoms with Gasteiger partial charge in [0.1, 0.15) is 11.6 Å². The minimum atomic E-state index is -0.000679. The predicted molar refractivity (Wildman–Crippen MR) is 129 cm³/mol. The van der Waals surface area contributed by atoms with Crippen LogP contribution < -0.4 is 10.1 Å². The molecular formula is C25H26N4O2S. The molecule has 0 aliphatic rings. The van der Waals surface area contributed by atoms with Gasteiger partial charge in [0.25, 0.3) is 0 Å². The number of ether oxygens (including phenoxy) is 1. The maximum Gasteiger partial charge on any atom is 0.230 e. The monoisotopic (exact) mass is 446 g/mol. The Kier molecular flexibility index (Phi) is 7.30. The van der Waals surface area contributed by atoms with Crippen LogP contribution in [0, 0.1) is 0 Å². The topological polar surface area (TPSA) is 61.1 Å². The second kappa shape index (κ2) is 10.7. The molecule has 2 aromatic carbocycles. The van der Waals surface area contributed by atoms with Crippen molar-refractivity contribution in [3.8, 4) is 17.3 Å². The summed E-state index contributed by atoms with van der Waals surface area (Å²) in [6, 6.07) is 21.8. The van der Waals surface area contributed by atoms with E-state index in [0.717, 1.165) is 28.4 Å². The van der Waals surface area contributed by atoms with Crippen LogP contribution >= 0.6 is 11.8 Å². The van der Waals surface area contributed by atoms with Gasteiger partial charge in [-0.05, 0) is 37.3 Å². The lowest BCUT2D eigenvalue weighted by Gasteiger charge is -2.12. The second-order valence-corrected chi connectivity index (χ2v) is 8.13. The largest absolute Gasteiger partial charge is 0.494 e. The minimum absolute atomic E-state index is 0.000679. The van der Waals surface area contributed by atoms with Crippen LogP contribution in [0.4, 0.5) is 0 Å². The highest BCUT2D eigenvalue weighted by Gasteiger charge is 2.14. The van der Waals surface area contributed by atoms with E-state index in [4.69, 9.17) is 4.74 Å². The van der Waals surface area contributed by atoms with Crippen molar-refractivity contribution in [2.45, 2.75) is 19.2 Å². The highest BCUT2D eigenvalue weighted by Crippen LogP contribution is 2.23. The number of carbonyl (C=O) groups is 1. The number of nitrogens with one attached hydrogen (secondary N) is 1. The van der Waals surface area contributed by atoms with Crippen molar-refractivity contribution in [3.63, 3.8) is 0 Å². The van der Waals surface area contributed by atoms with E-state index in [1.807, 2.05) is 96.9 Å². The van der Waals surface area contributed by atoms with E-state index in [9.17, 15) is 4.79 Å². The lowest BCUT2D eigenvalue weighted by Crippen LogP contribution is -2.25. The van der Waals surface area contributed by atoms with Crippen molar-refractivity contribution < 1.29 is 9.53 Å². The first-order valence-electron chi connectivity index (χ1n) is 10.6. The number of carbonyl (C=O) groups excluding carboxylic acids is 1. The standard InChI is InChI=1S/C25H26N4O2S/c1-2-31-23-13-7-6-10-20(23)16-26-24(30)19-32-18-21-17-27-29(22-11-4-3-5-12-22)25(21)28-14-8-9-15-28/h3-15,17H,2,16,18-19H2,1H3,(H,26,30). The number of hydrogen-bond donors (Lipinski definition) is 1. The lowest BCUT2D eigenvalue weighted by molar-refractivity contribution is -0.118. The molecule has 0 radical (unpaired) electrons. The van der Waals surface area contributed by atoms with Gasteiger partial charge in [0.2, 0.25) is 5.91 Å². The van der Waals surface area contributed by atoms with Crippen LogP contribution in [0.15, 0.2) is 85.3 Å². The van der Waals surface area contributed by atoms with Crippen LogP contribution in [0.25, 0.3) is 11.5 Å². The van der Waals surface area contributed by atoms with Crippen LogP contribution in [-0.4, -0.2) is 32.6 Å². The van der Waals surface area contributed by atoms with E-state index < -0.39 is 0 Å². The highest BCUT2D eigenvalue weighted by molar-refractivity contribution is 7.99. The van der Waals surface area contributed by atoms with E-state index in [0.29, 0.717) is 24.7 Å². The summed E-state index contributed by atoms with van der Waals surface area (Å²) >= 11 is 1.57. The summed E-state index contributed by atoms with van der Waals surface area (Å²) in [4.78, 5) is 12.4. The van der Waals surface area contributed by atoms with E-state index in [-0.39, 0.29) is 5.91 Å². The fourth-order valence-electron chi connectivity index (χ4n) is 3.43. The summed E-state index contributed by atoms with van der Waals surface area (Å²) in [6.45, 7) is 3.01. The molecule has 2 aromatic heterocycles. The predicted octanol–water partition coefficient (Wildman–Crippen LogP) is 4.61. The summed E-state index contributed by atoms with van der Waals surface area (Å²) in [5, 5.41) is 7.60. The van der Waals surface area contributed by atoms with Crippen molar-refractivity contribution >= 4 is 17.7 Å². The average molecular weight is 447 g/mol. The number of thioether (sulfide) groups is 1. The number of rotatable bonds is 10. The highest BCUT2D eigenvalue weighted by atomic mass is 32.2. The van der Waals surface area contributed by atoms with E-state index in [1.165, 1.54) is 0 Å². The summed E-state index contributed by atoms with van der Waals surface area (Å²) in [5.74, 6) is 2.86. The van der Waals surface area contributed by atoms with Crippen LogP contribution in [-0.2, 0) is 17.1 Å². The van der Waals surface area contributed by atoms with Gasteiger partial charge in [-0.15, -0.1) is 11.8 Å². The number of nitrogens with zero attached hydrogens (tertiary/aromatic N) is 3. The molecule has 1 amide bonds. The summed E-state index contributed by atoms with van der Waals surface area (Å²) in [6.07, 6.45) is 5.89. The van der Waals surface area contributed by atoms with Gasteiger partial charge in [0, 0.05) is 35.8 Å². The van der Waals surface area contributed by atoms with Crippen molar-refractivity contribution in [2.75, 3.05) is 12.4 Å². The van der Waals surface area contributed by atoms with Crippen LogP contribution in [0.3, 0.4) is 0 Å². The van der Waals surface area contributed by atoms with Gasteiger partial charge in [-0.25, -0.2) is 4.68 Å². The van der Waals surface area contributed by atoms with E-state index >= 15 is 0 Å². The van der Waals surface area contributed by atoms with Crippen molar-refractivity contribution in [1.82, 2.24) is 19.7 Å². The van der Waals surface area contributed by atoms with Gasteiger partial charge in [-0.1, -0.05) is 36.4 Å². The normalized spacial score (nSPS) is 10.8. The van der Waals surface area contributed by atoms with Crippen LogP contribution in [0.2, 0.25) is 0 Å². The molecule has 0 aliphatic carbocycles. The third kappa shape index (κ3) is 5.23. The summed E-state index contributed by atoms with van der Waals surface area (Å²) in [7, 11) is 0. The van der Waals surface area contributed by atoms with Gasteiger partial charge in [-0.2, -0.15) is 5.10 Å². The zero-order valence-corrected chi connectivity index (χ0v) is 18.8. The summed E-state index contributed by atoms with van der Waals surface area (Å²) < 4.78 is 9.61. The SMILES string of the molecule is CCOc1ccccc1CNC(=O)CSCc1cnn(-c2ccccc2)c1-n1cccc1. The van der Waals surface area contributed by atoms with E-state index in [2.05, 4.69) is 15.0 Å². The van der Waals surface area contributed by atoms with Crippen LogP contribution in [0.5, 0.6) is 5.75 Å². The van der Waals surface area contributed by atoms with Gasteiger partial charge in [0.15, 0.2) is 0 Å². The molecule has 4 aromatic rings. The Morgan fingerprint density at radius 1 is 1.00 bits per heavy atom. The zero-order valence-electron chi connectivity index (χ0n) is 18.0. The number of benzene rings is 2. The fourth-order valence-corrected chi connectivity index (χ4v) is 4.24. The fraction of sp³-hybridized carbons (Fsp3) is 0.200. The molecular weight excluding hydrogens is 420 g/mol. The van der Waals surface area contributed by atoms with Crippen molar-refractivity contribution in [2.24, 2.45) is 0 Å². The number of amides is 1. The van der Waals surface area contributed by atoms with Crippen LogP contribution in [0.1, 0.15) is 18.1 Å². The second-order valence-electron chi connectivity index (χ2n) is 7.14. The Labute approximate surface area is 192 Å². The molecule has 0 saturated heterocycles. The van der Waals surface area contributed by atoms with Gasteiger partial charge in [0.05, 0.1) is 24.2 Å². The smallest absolute Gasteiger partial charge is 0.230 e. The Bertz CT molecular complexity index is 1140. The quantitative estimate of drug-likeness (QED) is 0.386. The van der Waals surface area contributed by atoms with E-state index in [1.54, 1.807) is 11.8 Å². The molecule has 7 heteroatoms. The third-order valence-electron chi connectivity index (χ3n) is 4.91. The Morgan fingerprint density at radius 3 is 2.53 bits per heavy atom. The molecule has 0 aliphatic heterocycles. The molecule has 164 valence electrons. The first-order chi connectivity index (χ1) is 15.8. The molecule has 0 spiro atoms. The number of hydrogen-bond acceptors (Lipinski definition) is 4. The maximum atomic E-state index is 12.4. The molecule has 0 saturated carbocycles. The first kappa shape index (κ1) is 21.8. The minimum Gasteiger partial charge on any atom is -0.494 e. The van der Waals surface area contributed by atoms with Crippen molar-refractivity contribution in [1.29, 1.82) is 0 Å². The number of para-hydroxylation sites is 2. The molecule has 0 fully saturated rings. The first-order valence-corrected chi connectivity index (χ1v) is 11.7. The molecule has 2 heterocycles. The Balaban J connectivity index is 1.38. The lowest BCUT2D eigenvalue weighted by atomic mass is 10.2.